The highest BCUT2D eigenvalue weighted by Crippen LogP contribution is 2.23. The number of unbranched alkanes of at least 4 members (excludes halogenated alkanes) is 2. The summed E-state index contributed by atoms with van der Waals surface area (Å²) < 4.78 is 32.2. The monoisotopic (exact) mass is 376 g/mol. The first kappa shape index (κ1) is 19.9. The van der Waals surface area contributed by atoms with Crippen LogP contribution in [0.1, 0.15) is 36.5 Å². The Kier molecular flexibility index (Phi) is 7.17. The van der Waals surface area contributed by atoms with E-state index in [1.165, 1.54) is 31.4 Å². The molecule has 0 fully saturated rings. The average molecular weight is 376 g/mol. The molecule has 140 valence electrons. The van der Waals surface area contributed by atoms with Gasteiger partial charge in [-0.25, -0.2) is 13.1 Å². The highest BCUT2D eigenvalue weighted by atomic mass is 32.2. The van der Waals surface area contributed by atoms with Gasteiger partial charge in [-0.15, -0.1) is 0 Å². The zero-order chi connectivity index (χ0) is 19.0. The third-order valence-corrected chi connectivity index (χ3v) is 5.33. The van der Waals surface area contributed by atoms with Crippen molar-refractivity contribution >= 4 is 21.6 Å². The molecule has 0 aliphatic rings. The summed E-state index contributed by atoms with van der Waals surface area (Å²) in [6.07, 6.45) is 2.80. The fraction of sp³-hybridized carbons (Fsp3) is 0.316. The van der Waals surface area contributed by atoms with E-state index < -0.39 is 10.0 Å². The highest BCUT2D eigenvalue weighted by molar-refractivity contribution is 7.89. The van der Waals surface area contributed by atoms with E-state index in [1.54, 1.807) is 18.2 Å². The van der Waals surface area contributed by atoms with Crippen molar-refractivity contribution in [2.75, 3.05) is 19.0 Å². The third kappa shape index (κ3) is 5.31. The number of ether oxygens (including phenoxy) is 1. The van der Waals surface area contributed by atoms with E-state index >= 15 is 0 Å². The summed E-state index contributed by atoms with van der Waals surface area (Å²) >= 11 is 0. The van der Waals surface area contributed by atoms with Crippen molar-refractivity contribution < 1.29 is 17.9 Å². The molecule has 2 rings (SSSR count). The summed E-state index contributed by atoms with van der Waals surface area (Å²) in [5.41, 5.74) is 0.912. The maximum atomic E-state index is 12.4. The van der Waals surface area contributed by atoms with Crippen LogP contribution >= 0.6 is 0 Å². The molecule has 7 heteroatoms. The predicted molar refractivity (Wildman–Crippen MR) is 102 cm³/mol. The van der Waals surface area contributed by atoms with Crippen molar-refractivity contribution in [1.82, 2.24) is 4.72 Å². The van der Waals surface area contributed by atoms with Crippen molar-refractivity contribution in [2.45, 2.75) is 31.1 Å². The van der Waals surface area contributed by atoms with Crippen LogP contribution in [-0.4, -0.2) is 28.0 Å². The fourth-order valence-corrected chi connectivity index (χ4v) is 3.47. The SMILES string of the molecule is CCCCCNS(=O)(=O)c1ccc(C(=O)Nc2ccccc2OC)cc1. The summed E-state index contributed by atoms with van der Waals surface area (Å²) in [5, 5.41) is 2.76. The second-order valence-electron chi connectivity index (χ2n) is 5.78. The number of nitrogens with one attached hydrogen (secondary N) is 2. The van der Waals surface area contributed by atoms with E-state index in [2.05, 4.69) is 17.0 Å². The Morgan fingerprint density at radius 3 is 2.38 bits per heavy atom. The van der Waals surface area contributed by atoms with E-state index in [1.807, 2.05) is 6.07 Å². The minimum absolute atomic E-state index is 0.142. The van der Waals surface area contributed by atoms with Gasteiger partial charge >= 0.3 is 0 Å². The molecule has 0 bridgehead atoms. The molecule has 26 heavy (non-hydrogen) atoms. The van der Waals surface area contributed by atoms with E-state index in [0.29, 0.717) is 23.5 Å². The largest absolute Gasteiger partial charge is 0.495 e. The van der Waals surface area contributed by atoms with Gasteiger partial charge in [0.2, 0.25) is 10.0 Å². The number of sulfonamides is 1. The molecule has 0 spiro atoms. The van der Waals surface area contributed by atoms with Gasteiger partial charge in [0.05, 0.1) is 17.7 Å². The molecule has 0 unspecified atom stereocenters. The number of benzene rings is 2. The molecule has 2 aromatic rings. The molecular formula is C19H24N2O4S. The van der Waals surface area contributed by atoms with Gasteiger partial charge in [0.1, 0.15) is 5.75 Å². The lowest BCUT2D eigenvalue weighted by Crippen LogP contribution is -2.24. The van der Waals surface area contributed by atoms with E-state index in [-0.39, 0.29) is 10.8 Å². The van der Waals surface area contributed by atoms with Crippen LogP contribution < -0.4 is 14.8 Å². The number of hydrogen-bond donors (Lipinski definition) is 2. The molecule has 0 radical (unpaired) electrons. The zero-order valence-electron chi connectivity index (χ0n) is 15.0. The molecule has 1 amide bonds. The van der Waals surface area contributed by atoms with Gasteiger partial charge in [0.15, 0.2) is 0 Å². The van der Waals surface area contributed by atoms with Crippen LogP contribution in [0.5, 0.6) is 5.75 Å². The average Bonchev–Trinajstić information content (AvgIpc) is 2.66. The van der Waals surface area contributed by atoms with Crippen LogP contribution in [0.4, 0.5) is 5.69 Å². The van der Waals surface area contributed by atoms with Crippen LogP contribution in [0.15, 0.2) is 53.4 Å². The summed E-state index contributed by atoms with van der Waals surface area (Å²) in [6.45, 7) is 2.47. The number of anilines is 1. The fourth-order valence-electron chi connectivity index (χ4n) is 2.39. The van der Waals surface area contributed by atoms with Crippen LogP contribution in [0.3, 0.4) is 0 Å². The number of hydrogen-bond acceptors (Lipinski definition) is 4. The number of methoxy groups -OCH3 is 1. The van der Waals surface area contributed by atoms with Gasteiger partial charge in [-0.05, 0) is 42.8 Å². The van der Waals surface area contributed by atoms with Crippen LogP contribution in [0.2, 0.25) is 0 Å². The molecule has 0 heterocycles. The molecule has 0 atom stereocenters. The van der Waals surface area contributed by atoms with E-state index in [9.17, 15) is 13.2 Å². The first-order valence-corrected chi connectivity index (χ1v) is 10.0. The summed E-state index contributed by atoms with van der Waals surface area (Å²) in [5.74, 6) is 0.214. The van der Waals surface area contributed by atoms with Gasteiger partial charge in [-0.2, -0.15) is 0 Å². The molecular weight excluding hydrogens is 352 g/mol. The number of carbonyl (C=O) groups is 1. The Hall–Kier alpha value is -2.38. The highest BCUT2D eigenvalue weighted by Gasteiger charge is 2.15. The minimum atomic E-state index is -3.55. The molecule has 2 N–H and O–H groups in total. The molecule has 0 aliphatic carbocycles. The lowest BCUT2D eigenvalue weighted by molar-refractivity contribution is 0.102. The standard InChI is InChI=1S/C19H24N2O4S/c1-3-4-7-14-20-26(23,24)16-12-10-15(11-13-16)19(22)21-17-8-5-6-9-18(17)25-2/h5-6,8-13,20H,3-4,7,14H2,1-2H3,(H,21,22). The van der Waals surface area contributed by atoms with Gasteiger partial charge in [0, 0.05) is 12.1 Å². The van der Waals surface area contributed by atoms with Crippen molar-refractivity contribution in [3.05, 3.63) is 54.1 Å². The molecule has 2 aromatic carbocycles. The Labute approximate surface area is 154 Å². The Bertz CT molecular complexity index is 833. The minimum Gasteiger partial charge on any atom is -0.495 e. The lowest BCUT2D eigenvalue weighted by atomic mass is 10.2. The number of amides is 1. The van der Waals surface area contributed by atoms with Crippen molar-refractivity contribution in [3.8, 4) is 5.75 Å². The maximum absolute atomic E-state index is 12.4. The quantitative estimate of drug-likeness (QED) is 0.657. The number of para-hydroxylation sites is 2. The predicted octanol–water partition coefficient (Wildman–Crippen LogP) is 3.42. The lowest BCUT2D eigenvalue weighted by Gasteiger charge is -2.10. The summed E-state index contributed by atoms with van der Waals surface area (Å²) in [6, 6.07) is 12.9. The topological polar surface area (TPSA) is 84.5 Å². The number of carbonyl (C=O) groups excluding carboxylic acids is 1. The second kappa shape index (κ2) is 9.35. The van der Waals surface area contributed by atoms with Gasteiger partial charge in [-0.3, -0.25) is 4.79 Å². The van der Waals surface area contributed by atoms with Crippen molar-refractivity contribution in [1.29, 1.82) is 0 Å². The molecule has 0 aromatic heterocycles. The van der Waals surface area contributed by atoms with Gasteiger partial charge < -0.3 is 10.1 Å². The third-order valence-electron chi connectivity index (χ3n) is 3.85. The zero-order valence-corrected chi connectivity index (χ0v) is 15.8. The van der Waals surface area contributed by atoms with Gasteiger partial charge in [0.25, 0.3) is 5.91 Å². The Morgan fingerprint density at radius 1 is 1.04 bits per heavy atom. The van der Waals surface area contributed by atoms with Crippen molar-refractivity contribution in [3.63, 3.8) is 0 Å². The smallest absolute Gasteiger partial charge is 0.255 e. The van der Waals surface area contributed by atoms with E-state index in [0.717, 1.165) is 19.3 Å². The first-order chi connectivity index (χ1) is 12.5. The Morgan fingerprint density at radius 2 is 1.73 bits per heavy atom. The molecule has 0 aliphatic heterocycles. The van der Waals surface area contributed by atoms with E-state index in [4.69, 9.17) is 4.74 Å². The van der Waals surface area contributed by atoms with Crippen molar-refractivity contribution in [2.24, 2.45) is 0 Å². The summed E-state index contributed by atoms with van der Waals surface area (Å²) in [7, 11) is -2.03. The summed E-state index contributed by atoms with van der Waals surface area (Å²) in [4.78, 5) is 12.5. The molecule has 0 saturated heterocycles. The first-order valence-electron chi connectivity index (χ1n) is 8.52. The maximum Gasteiger partial charge on any atom is 0.255 e. The number of rotatable bonds is 9. The van der Waals surface area contributed by atoms with Crippen LogP contribution in [0.25, 0.3) is 0 Å². The molecule has 0 saturated carbocycles. The molecule has 6 nitrogen and oxygen atoms in total. The normalized spacial score (nSPS) is 11.2. The van der Waals surface area contributed by atoms with Crippen LogP contribution in [-0.2, 0) is 10.0 Å². The van der Waals surface area contributed by atoms with Crippen LogP contribution in [0, 0.1) is 0 Å². The Balaban J connectivity index is 2.05. The van der Waals surface area contributed by atoms with Gasteiger partial charge in [-0.1, -0.05) is 31.9 Å². The second-order valence-corrected chi connectivity index (χ2v) is 7.55.